The summed E-state index contributed by atoms with van der Waals surface area (Å²) in [6.45, 7) is 2.85. The van der Waals surface area contributed by atoms with Crippen LogP contribution in [-0.2, 0) is 4.74 Å². The monoisotopic (exact) mass is 262 g/mol. The molecule has 0 spiro atoms. The molecule has 0 bridgehead atoms. The minimum absolute atomic E-state index is 0.277. The normalized spacial score (nSPS) is 23.5. The Labute approximate surface area is 109 Å². The Morgan fingerprint density at radius 2 is 2.05 bits per heavy atom. The van der Waals surface area contributed by atoms with Crippen LogP contribution < -0.4 is 0 Å². The Morgan fingerprint density at radius 3 is 2.79 bits per heavy atom. The summed E-state index contributed by atoms with van der Waals surface area (Å²) in [6.07, 6.45) is 3.44. The highest BCUT2D eigenvalue weighted by Gasteiger charge is 2.30. The highest BCUT2D eigenvalue weighted by atomic mass is 16.5. The number of hydrogen-bond donors (Lipinski definition) is 1. The van der Waals surface area contributed by atoms with E-state index in [4.69, 9.17) is 9.26 Å². The van der Waals surface area contributed by atoms with Crippen molar-refractivity contribution in [2.75, 3.05) is 13.2 Å². The molecule has 1 aliphatic rings. The largest absolute Gasteiger partial charge is 0.392 e. The number of aromatic nitrogens is 4. The van der Waals surface area contributed by atoms with E-state index < -0.39 is 6.10 Å². The summed E-state index contributed by atoms with van der Waals surface area (Å²) >= 11 is 0. The first-order valence-electron chi connectivity index (χ1n) is 6.12. The zero-order chi connectivity index (χ0) is 13.2. The van der Waals surface area contributed by atoms with Crippen molar-refractivity contribution in [3.8, 4) is 11.6 Å². The van der Waals surface area contributed by atoms with Gasteiger partial charge in [0.05, 0.1) is 18.6 Å². The van der Waals surface area contributed by atoms with Gasteiger partial charge in [-0.3, -0.25) is 0 Å². The molecule has 2 aromatic heterocycles. The molecule has 1 fully saturated rings. The fraction of sp³-hybridized carbons (Fsp3) is 0.500. The van der Waals surface area contributed by atoms with Crippen molar-refractivity contribution in [2.24, 2.45) is 0 Å². The third kappa shape index (κ3) is 2.47. The molecule has 0 aliphatic carbocycles. The van der Waals surface area contributed by atoms with Crippen molar-refractivity contribution in [3.63, 3.8) is 0 Å². The van der Waals surface area contributed by atoms with Crippen molar-refractivity contribution >= 4 is 0 Å². The average molecular weight is 262 g/mol. The van der Waals surface area contributed by atoms with Gasteiger partial charge in [0.1, 0.15) is 0 Å². The predicted molar refractivity (Wildman–Crippen MR) is 64.2 cm³/mol. The van der Waals surface area contributed by atoms with Crippen LogP contribution in [0.5, 0.6) is 0 Å². The SMILES string of the molecule is Cc1cnc(-c2noc(C3COCCC3O)n2)nc1. The van der Waals surface area contributed by atoms with E-state index in [-0.39, 0.29) is 5.92 Å². The van der Waals surface area contributed by atoms with Gasteiger partial charge in [-0.1, -0.05) is 5.16 Å². The highest BCUT2D eigenvalue weighted by Crippen LogP contribution is 2.25. The maximum Gasteiger partial charge on any atom is 0.240 e. The molecule has 2 aromatic rings. The highest BCUT2D eigenvalue weighted by molar-refractivity contribution is 5.41. The standard InChI is InChI=1S/C12H14N4O3/c1-7-4-13-10(14-5-7)11-15-12(19-16-11)8-6-18-3-2-9(8)17/h4-5,8-9,17H,2-3,6H2,1H3. The maximum absolute atomic E-state index is 9.90. The molecule has 3 heterocycles. The Hall–Kier alpha value is -1.86. The summed E-state index contributed by atoms with van der Waals surface area (Å²) < 4.78 is 10.5. The molecule has 7 heteroatoms. The summed E-state index contributed by atoms with van der Waals surface area (Å²) in [5, 5.41) is 13.7. The van der Waals surface area contributed by atoms with Crippen LogP contribution in [0.2, 0.25) is 0 Å². The second-order valence-corrected chi connectivity index (χ2v) is 4.58. The lowest BCUT2D eigenvalue weighted by atomic mass is 9.99. The van der Waals surface area contributed by atoms with Gasteiger partial charge < -0.3 is 14.4 Å². The van der Waals surface area contributed by atoms with E-state index in [1.54, 1.807) is 12.4 Å². The summed E-state index contributed by atoms with van der Waals surface area (Å²) in [5.41, 5.74) is 0.962. The van der Waals surface area contributed by atoms with Gasteiger partial charge in [-0.25, -0.2) is 9.97 Å². The molecule has 0 radical (unpaired) electrons. The van der Waals surface area contributed by atoms with Gasteiger partial charge in [0, 0.05) is 19.0 Å². The molecule has 0 saturated carbocycles. The zero-order valence-electron chi connectivity index (χ0n) is 10.5. The molecule has 3 rings (SSSR count). The smallest absolute Gasteiger partial charge is 0.240 e. The van der Waals surface area contributed by atoms with E-state index in [2.05, 4.69) is 20.1 Å². The summed E-state index contributed by atoms with van der Waals surface area (Å²) in [6, 6.07) is 0. The van der Waals surface area contributed by atoms with Crippen LogP contribution in [0.1, 0.15) is 23.8 Å². The van der Waals surface area contributed by atoms with E-state index >= 15 is 0 Å². The predicted octanol–water partition coefficient (Wildman–Crippen LogP) is 0.700. The fourth-order valence-electron chi connectivity index (χ4n) is 1.95. The van der Waals surface area contributed by atoms with Gasteiger partial charge in [0.2, 0.25) is 17.5 Å². The van der Waals surface area contributed by atoms with Gasteiger partial charge in [-0.15, -0.1) is 0 Å². The minimum atomic E-state index is -0.513. The quantitative estimate of drug-likeness (QED) is 0.851. The van der Waals surface area contributed by atoms with Crippen LogP contribution >= 0.6 is 0 Å². The molecular weight excluding hydrogens is 248 g/mol. The molecular formula is C12H14N4O3. The first-order valence-corrected chi connectivity index (χ1v) is 6.12. The fourth-order valence-corrected chi connectivity index (χ4v) is 1.95. The lowest BCUT2D eigenvalue weighted by Gasteiger charge is -2.24. The maximum atomic E-state index is 9.90. The molecule has 19 heavy (non-hydrogen) atoms. The van der Waals surface area contributed by atoms with Gasteiger partial charge in [0.25, 0.3) is 0 Å². The van der Waals surface area contributed by atoms with E-state index in [9.17, 15) is 5.11 Å². The van der Waals surface area contributed by atoms with E-state index in [1.165, 1.54) is 0 Å². The number of nitrogens with zero attached hydrogens (tertiary/aromatic N) is 4. The van der Waals surface area contributed by atoms with Crippen LogP contribution in [0.3, 0.4) is 0 Å². The van der Waals surface area contributed by atoms with Crippen molar-refractivity contribution < 1.29 is 14.4 Å². The second kappa shape index (κ2) is 5.02. The molecule has 0 aromatic carbocycles. The van der Waals surface area contributed by atoms with Gasteiger partial charge in [-0.05, 0) is 18.9 Å². The topological polar surface area (TPSA) is 94.2 Å². The minimum Gasteiger partial charge on any atom is -0.392 e. The van der Waals surface area contributed by atoms with Crippen molar-refractivity contribution in [3.05, 3.63) is 23.8 Å². The lowest BCUT2D eigenvalue weighted by molar-refractivity contribution is -0.0149. The molecule has 100 valence electrons. The van der Waals surface area contributed by atoms with Crippen LogP contribution in [0.4, 0.5) is 0 Å². The average Bonchev–Trinajstić information content (AvgIpc) is 2.89. The Kier molecular flexibility index (Phi) is 3.22. The molecule has 2 unspecified atom stereocenters. The molecule has 1 aliphatic heterocycles. The summed E-state index contributed by atoms with van der Waals surface area (Å²) in [5.74, 6) is 0.825. The Morgan fingerprint density at radius 1 is 1.26 bits per heavy atom. The third-order valence-electron chi connectivity index (χ3n) is 3.06. The Balaban J connectivity index is 1.84. The number of ether oxygens (including phenoxy) is 1. The van der Waals surface area contributed by atoms with Gasteiger partial charge in [0.15, 0.2) is 0 Å². The molecule has 2 atom stereocenters. The van der Waals surface area contributed by atoms with Crippen LogP contribution in [-0.4, -0.2) is 44.5 Å². The van der Waals surface area contributed by atoms with Gasteiger partial charge in [-0.2, -0.15) is 4.98 Å². The van der Waals surface area contributed by atoms with Gasteiger partial charge >= 0.3 is 0 Å². The first kappa shape index (κ1) is 12.2. The van der Waals surface area contributed by atoms with E-state index in [0.717, 1.165) is 5.56 Å². The Bertz CT molecular complexity index is 554. The molecule has 0 amide bonds. The van der Waals surface area contributed by atoms with Crippen molar-refractivity contribution in [1.82, 2.24) is 20.1 Å². The van der Waals surface area contributed by atoms with Crippen LogP contribution in [0.15, 0.2) is 16.9 Å². The number of aliphatic hydroxyl groups excluding tert-OH is 1. The first-order chi connectivity index (χ1) is 9.24. The second-order valence-electron chi connectivity index (χ2n) is 4.58. The number of rotatable bonds is 2. The summed E-state index contributed by atoms with van der Waals surface area (Å²) in [7, 11) is 0. The molecule has 1 saturated heterocycles. The number of hydrogen-bond acceptors (Lipinski definition) is 7. The number of aliphatic hydroxyl groups is 1. The van der Waals surface area contributed by atoms with E-state index in [1.807, 2.05) is 6.92 Å². The third-order valence-corrected chi connectivity index (χ3v) is 3.06. The van der Waals surface area contributed by atoms with E-state index in [0.29, 0.717) is 37.2 Å². The number of aryl methyl sites for hydroxylation is 1. The molecule has 7 nitrogen and oxygen atoms in total. The molecule has 1 N–H and O–H groups in total. The lowest BCUT2D eigenvalue weighted by Crippen LogP contribution is -2.30. The van der Waals surface area contributed by atoms with Crippen LogP contribution in [0, 0.1) is 6.92 Å². The van der Waals surface area contributed by atoms with Crippen molar-refractivity contribution in [1.29, 1.82) is 0 Å². The van der Waals surface area contributed by atoms with Crippen LogP contribution in [0.25, 0.3) is 11.6 Å². The zero-order valence-corrected chi connectivity index (χ0v) is 10.5. The summed E-state index contributed by atoms with van der Waals surface area (Å²) in [4.78, 5) is 12.5. The van der Waals surface area contributed by atoms with Crippen molar-refractivity contribution in [2.45, 2.75) is 25.4 Å².